The number of hydrogen-bond acceptors (Lipinski definition) is 4. The Morgan fingerprint density at radius 2 is 2.27 bits per heavy atom. The lowest BCUT2D eigenvalue weighted by molar-refractivity contribution is 0.0732. The van der Waals surface area contributed by atoms with Crippen LogP contribution in [0.3, 0.4) is 0 Å². The molecule has 1 fully saturated rings. The van der Waals surface area contributed by atoms with E-state index in [1.165, 1.54) is 5.56 Å². The van der Waals surface area contributed by atoms with Crippen molar-refractivity contribution in [3.63, 3.8) is 0 Å². The molecule has 2 aromatic rings. The van der Waals surface area contributed by atoms with E-state index in [-0.39, 0.29) is 5.91 Å². The summed E-state index contributed by atoms with van der Waals surface area (Å²) in [5.41, 5.74) is 2.87. The van der Waals surface area contributed by atoms with Crippen LogP contribution in [0, 0.1) is 6.92 Å². The van der Waals surface area contributed by atoms with Crippen molar-refractivity contribution in [3.8, 4) is 10.6 Å². The summed E-state index contributed by atoms with van der Waals surface area (Å²) in [7, 11) is 1.93. The van der Waals surface area contributed by atoms with Gasteiger partial charge < -0.3 is 10.2 Å². The van der Waals surface area contributed by atoms with E-state index in [4.69, 9.17) is 0 Å². The topological polar surface area (TPSA) is 45.2 Å². The molecular weight excluding hydrogens is 294 g/mol. The first-order chi connectivity index (χ1) is 10.7. The Kier molecular flexibility index (Phi) is 4.55. The average Bonchev–Trinajstić information content (AvgIpc) is 3.17. The summed E-state index contributed by atoms with van der Waals surface area (Å²) < 4.78 is 0. The van der Waals surface area contributed by atoms with Gasteiger partial charge in [-0.25, -0.2) is 4.98 Å². The molecular formula is C17H21N3OS. The van der Waals surface area contributed by atoms with Gasteiger partial charge in [-0.05, 0) is 32.4 Å². The molecule has 2 heterocycles. The molecule has 0 unspecified atom stereocenters. The highest BCUT2D eigenvalue weighted by molar-refractivity contribution is 7.13. The summed E-state index contributed by atoms with van der Waals surface area (Å²) in [6.07, 6.45) is 2.15. The van der Waals surface area contributed by atoms with Crippen LogP contribution in [0.2, 0.25) is 0 Å². The summed E-state index contributed by atoms with van der Waals surface area (Å²) in [6, 6.07) is 8.45. The van der Waals surface area contributed by atoms with E-state index < -0.39 is 0 Å². The highest BCUT2D eigenvalue weighted by Crippen LogP contribution is 2.28. The number of amides is 1. The third-order valence-electron chi connectivity index (χ3n) is 4.18. The highest BCUT2D eigenvalue weighted by Gasteiger charge is 2.30. The molecule has 1 amide bonds. The molecule has 116 valence electrons. The van der Waals surface area contributed by atoms with Crippen LogP contribution in [-0.4, -0.2) is 42.0 Å². The summed E-state index contributed by atoms with van der Waals surface area (Å²) in [4.78, 5) is 19.3. The number of nitrogens with one attached hydrogen (secondary N) is 1. The van der Waals surface area contributed by atoms with Gasteiger partial charge in [-0.2, -0.15) is 0 Å². The number of nitrogens with zero attached hydrogens (tertiary/aromatic N) is 2. The molecule has 1 atom stereocenters. The monoisotopic (exact) mass is 315 g/mol. The largest absolute Gasteiger partial charge is 0.333 e. The molecule has 1 N–H and O–H groups in total. The quantitative estimate of drug-likeness (QED) is 0.943. The summed E-state index contributed by atoms with van der Waals surface area (Å²) in [6.45, 7) is 3.75. The zero-order valence-corrected chi connectivity index (χ0v) is 13.8. The smallest absolute Gasteiger partial charge is 0.273 e. The van der Waals surface area contributed by atoms with E-state index in [1.807, 2.05) is 29.5 Å². The number of benzene rings is 1. The van der Waals surface area contributed by atoms with Crippen molar-refractivity contribution in [1.82, 2.24) is 15.2 Å². The van der Waals surface area contributed by atoms with E-state index in [9.17, 15) is 4.79 Å². The second-order valence-corrected chi connectivity index (χ2v) is 6.56. The molecule has 0 aliphatic carbocycles. The zero-order chi connectivity index (χ0) is 15.5. The minimum absolute atomic E-state index is 0.0637. The third-order valence-corrected chi connectivity index (χ3v) is 5.05. The standard InChI is InChI=1S/C17H21N3OS/c1-12-6-3-4-8-14(12)16-19-15(11-22-16)17(21)20-9-5-7-13(20)10-18-2/h3-4,6,8,11,13,18H,5,7,9-10H2,1-2H3/t13-/m0/s1. The molecule has 1 saturated heterocycles. The van der Waals surface area contributed by atoms with Crippen molar-refractivity contribution in [2.45, 2.75) is 25.8 Å². The lowest BCUT2D eigenvalue weighted by atomic mass is 10.1. The maximum Gasteiger partial charge on any atom is 0.273 e. The van der Waals surface area contributed by atoms with E-state index in [0.717, 1.165) is 36.5 Å². The Morgan fingerprint density at radius 1 is 1.45 bits per heavy atom. The van der Waals surface area contributed by atoms with Gasteiger partial charge in [0.15, 0.2) is 0 Å². The van der Waals surface area contributed by atoms with Crippen molar-refractivity contribution in [3.05, 3.63) is 40.9 Å². The summed E-state index contributed by atoms with van der Waals surface area (Å²) >= 11 is 1.54. The van der Waals surface area contributed by atoms with Crippen molar-refractivity contribution in [1.29, 1.82) is 0 Å². The summed E-state index contributed by atoms with van der Waals surface area (Å²) in [5, 5.41) is 5.98. The van der Waals surface area contributed by atoms with Gasteiger partial charge in [-0.1, -0.05) is 24.3 Å². The number of aromatic nitrogens is 1. The van der Waals surface area contributed by atoms with E-state index >= 15 is 0 Å². The molecule has 1 aliphatic rings. The minimum atomic E-state index is 0.0637. The fraction of sp³-hybridized carbons (Fsp3) is 0.412. The Labute approximate surface area is 135 Å². The van der Waals surface area contributed by atoms with Crippen molar-refractivity contribution < 1.29 is 4.79 Å². The van der Waals surface area contributed by atoms with E-state index in [2.05, 4.69) is 29.4 Å². The third kappa shape index (κ3) is 2.91. The highest BCUT2D eigenvalue weighted by atomic mass is 32.1. The number of rotatable bonds is 4. The second kappa shape index (κ2) is 6.58. The molecule has 3 rings (SSSR count). The van der Waals surface area contributed by atoms with Crippen molar-refractivity contribution >= 4 is 17.2 Å². The number of thiazole rings is 1. The number of likely N-dealkylation sites (tertiary alicyclic amines) is 1. The van der Waals surface area contributed by atoms with Crippen molar-refractivity contribution in [2.75, 3.05) is 20.1 Å². The van der Waals surface area contributed by atoms with Crippen LogP contribution in [0.1, 0.15) is 28.9 Å². The molecule has 22 heavy (non-hydrogen) atoms. The van der Waals surface area contributed by atoms with Gasteiger partial charge in [0.1, 0.15) is 10.7 Å². The zero-order valence-electron chi connectivity index (χ0n) is 13.0. The molecule has 0 radical (unpaired) electrons. The molecule has 1 aromatic carbocycles. The Balaban J connectivity index is 1.82. The number of carbonyl (C=O) groups excluding carboxylic acids is 1. The lowest BCUT2D eigenvalue weighted by Crippen LogP contribution is -2.40. The molecule has 5 heteroatoms. The maximum absolute atomic E-state index is 12.7. The van der Waals surface area contributed by atoms with Gasteiger partial charge in [0.2, 0.25) is 0 Å². The number of likely N-dealkylation sites (N-methyl/N-ethyl adjacent to an activating group) is 1. The lowest BCUT2D eigenvalue weighted by Gasteiger charge is -2.23. The van der Waals surface area contributed by atoms with Crippen LogP contribution in [0.25, 0.3) is 10.6 Å². The van der Waals surface area contributed by atoms with Crippen LogP contribution in [0.5, 0.6) is 0 Å². The van der Waals surface area contributed by atoms with Gasteiger partial charge in [0.25, 0.3) is 5.91 Å². The van der Waals surface area contributed by atoms with Crippen LogP contribution in [0.15, 0.2) is 29.6 Å². The molecule has 4 nitrogen and oxygen atoms in total. The minimum Gasteiger partial charge on any atom is -0.333 e. The molecule has 1 aliphatic heterocycles. The first kappa shape index (κ1) is 15.2. The molecule has 0 bridgehead atoms. The average molecular weight is 315 g/mol. The van der Waals surface area contributed by atoms with E-state index in [1.54, 1.807) is 11.3 Å². The Morgan fingerprint density at radius 3 is 3.05 bits per heavy atom. The van der Waals surface area contributed by atoms with Crippen LogP contribution < -0.4 is 5.32 Å². The van der Waals surface area contributed by atoms with Crippen molar-refractivity contribution in [2.24, 2.45) is 0 Å². The predicted octanol–water partition coefficient (Wildman–Crippen LogP) is 2.94. The normalized spacial score (nSPS) is 17.9. The number of hydrogen-bond donors (Lipinski definition) is 1. The van der Waals surface area contributed by atoms with Gasteiger partial charge in [0, 0.05) is 30.1 Å². The number of aryl methyl sites for hydroxylation is 1. The summed E-state index contributed by atoms with van der Waals surface area (Å²) in [5.74, 6) is 0.0637. The maximum atomic E-state index is 12.7. The van der Waals surface area contributed by atoms with Gasteiger partial charge in [-0.15, -0.1) is 11.3 Å². The van der Waals surface area contributed by atoms with Gasteiger partial charge >= 0.3 is 0 Å². The first-order valence-corrected chi connectivity index (χ1v) is 8.55. The molecule has 0 spiro atoms. The fourth-order valence-corrected chi connectivity index (χ4v) is 3.89. The predicted molar refractivity (Wildman–Crippen MR) is 90.3 cm³/mol. The number of carbonyl (C=O) groups is 1. The fourth-order valence-electron chi connectivity index (χ4n) is 3.01. The molecule has 0 saturated carbocycles. The Bertz CT molecular complexity index is 667. The van der Waals surface area contributed by atoms with Gasteiger partial charge in [-0.3, -0.25) is 4.79 Å². The Hall–Kier alpha value is -1.72. The van der Waals surface area contributed by atoms with Crippen LogP contribution in [0.4, 0.5) is 0 Å². The van der Waals surface area contributed by atoms with Gasteiger partial charge in [0.05, 0.1) is 0 Å². The second-order valence-electron chi connectivity index (χ2n) is 5.71. The first-order valence-electron chi connectivity index (χ1n) is 7.68. The van der Waals surface area contributed by atoms with Crippen LogP contribution >= 0.6 is 11.3 Å². The van der Waals surface area contributed by atoms with E-state index in [0.29, 0.717) is 11.7 Å². The SMILES string of the molecule is CNC[C@@H]1CCCN1C(=O)c1csc(-c2ccccc2C)n1. The molecule has 1 aromatic heterocycles. The van der Waals surface area contributed by atoms with Crippen LogP contribution in [-0.2, 0) is 0 Å².